The Morgan fingerprint density at radius 2 is 1.91 bits per heavy atom. The molecule has 0 aromatic heterocycles. The Morgan fingerprint density at radius 3 is 2.00 bits per heavy atom. The van der Waals surface area contributed by atoms with Crippen LogP contribution in [0.2, 0.25) is 0 Å². The summed E-state index contributed by atoms with van der Waals surface area (Å²) >= 11 is 0. The predicted molar refractivity (Wildman–Crippen MR) is 42.9 cm³/mol. The maximum Gasteiger partial charge on any atom is 0.293 e. The normalized spacial score (nSPS) is 16.1. The molecule has 0 radical (unpaired) electrons. The number of nitrogens with one attached hydrogen (secondary N) is 2. The van der Waals surface area contributed by atoms with Crippen LogP contribution in [0.5, 0.6) is 0 Å². The summed E-state index contributed by atoms with van der Waals surface area (Å²) in [5, 5.41) is 0. The van der Waals surface area contributed by atoms with Crippen molar-refractivity contribution in [1.29, 1.82) is 0 Å². The van der Waals surface area contributed by atoms with Gasteiger partial charge in [0.1, 0.15) is 0 Å². The molecule has 0 saturated carbocycles. The van der Waals surface area contributed by atoms with E-state index in [0.717, 1.165) is 13.1 Å². The van der Waals surface area contributed by atoms with Crippen LogP contribution >= 0.6 is 0 Å². The molecule has 0 aromatic carbocycles. The van der Waals surface area contributed by atoms with E-state index in [2.05, 4.69) is 15.6 Å². The average Bonchev–Trinajstić information content (AvgIpc) is 2.10. The van der Waals surface area contributed by atoms with Crippen molar-refractivity contribution in [3.8, 4) is 0 Å². The van der Waals surface area contributed by atoms with E-state index in [1.54, 1.807) is 6.92 Å². The summed E-state index contributed by atoms with van der Waals surface area (Å²) in [6.45, 7) is 4.94. The van der Waals surface area contributed by atoms with Gasteiger partial charge >= 0.3 is 0 Å². The Hall–Kier alpha value is -0.610. The Morgan fingerprint density at radius 1 is 1.36 bits per heavy atom. The Labute approximate surface area is 67.3 Å². The van der Waals surface area contributed by atoms with Gasteiger partial charge in [0, 0.05) is 13.1 Å². The molecule has 1 heterocycles. The van der Waals surface area contributed by atoms with Crippen LogP contribution in [0.1, 0.15) is 19.8 Å². The lowest BCUT2D eigenvalue weighted by atomic mass is 10.3. The third kappa shape index (κ3) is 9.39. The van der Waals surface area contributed by atoms with Gasteiger partial charge in [0.2, 0.25) is 0 Å². The smallest absolute Gasteiger partial charge is 0.293 e. The molecule has 0 spiro atoms. The molecule has 4 nitrogen and oxygen atoms in total. The molecule has 11 heavy (non-hydrogen) atoms. The minimum absolute atomic E-state index is 0.431. The summed E-state index contributed by atoms with van der Waals surface area (Å²) in [6, 6.07) is 0. The summed E-state index contributed by atoms with van der Waals surface area (Å²) in [5.74, 6) is 0. The van der Waals surface area contributed by atoms with Crippen LogP contribution in [-0.4, -0.2) is 26.2 Å². The topological polar surface area (TPSA) is 50.4 Å². The second-order valence-corrected chi connectivity index (χ2v) is 2.11. The molecule has 1 saturated heterocycles. The van der Waals surface area contributed by atoms with Crippen molar-refractivity contribution >= 4 is 6.47 Å². The zero-order chi connectivity index (χ0) is 8.36. The highest BCUT2D eigenvalue weighted by molar-refractivity contribution is 5.36. The minimum atomic E-state index is 0.431. The number of hydrogen-bond donors (Lipinski definition) is 2. The second-order valence-electron chi connectivity index (χ2n) is 2.11. The van der Waals surface area contributed by atoms with E-state index in [0.29, 0.717) is 13.1 Å². The fraction of sp³-hybridized carbons (Fsp3) is 0.857. The SMILES string of the molecule is C1CCNNC1.CCOC=O. The van der Waals surface area contributed by atoms with Gasteiger partial charge in [0.15, 0.2) is 0 Å². The molecule has 0 amide bonds. The number of rotatable bonds is 2. The van der Waals surface area contributed by atoms with E-state index in [4.69, 9.17) is 0 Å². The standard InChI is InChI=1S/C4H10N2.C3H6O2/c1-2-4-6-5-3-1;1-2-5-3-4/h5-6H,1-4H2;3H,2H2,1H3. The first kappa shape index (κ1) is 10.4. The van der Waals surface area contributed by atoms with Crippen molar-refractivity contribution < 1.29 is 9.53 Å². The van der Waals surface area contributed by atoms with Gasteiger partial charge in [-0.1, -0.05) is 0 Å². The highest BCUT2D eigenvalue weighted by atomic mass is 16.5. The molecule has 1 fully saturated rings. The summed E-state index contributed by atoms with van der Waals surface area (Å²) < 4.78 is 4.15. The first-order chi connectivity index (χ1) is 5.41. The molecule has 0 bridgehead atoms. The number of carbonyl (C=O) groups excluding carboxylic acids is 1. The molecule has 2 N–H and O–H groups in total. The highest BCUT2D eigenvalue weighted by Crippen LogP contribution is 1.85. The van der Waals surface area contributed by atoms with Crippen molar-refractivity contribution in [2.24, 2.45) is 0 Å². The molecule has 4 heteroatoms. The average molecular weight is 160 g/mol. The lowest BCUT2D eigenvalue weighted by molar-refractivity contribution is -0.128. The van der Waals surface area contributed by atoms with Gasteiger partial charge in [0.25, 0.3) is 6.47 Å². The van der Waals surface area contributed by atoms with Crippen molar-refractivity contribution in [1.82, 2.24) is 10.9 Å². The van der Waals surface area contributed by atoms with E-state index < -0.39 is 0 Å². The van der Waals surface area contributed by atoms with Gasteiger partial charge in [-0.3, -0.25) is 15.6 Å². The van der Waals surface area contributed by atoms with Crippen LogP contribution in [0.15, 0.2) is 0 Å². The molecule has 0 unspecified atom stereocenters. The third-order valence-corrected chi connectivity index (χ3v) is 1.21. The maximum absolute atomic E-state index is 9.18. The van der Waals surface area contributed by atoms with Crippen molar-refractivity contribution in [2.45, 2.75) is 19.8 Å². The van der Waals surface area contributed by atoms with Crippen LogP contribution in [0.4, 0.5) is 0 Å². The van der Waals surface area contributed by atoms with Gasteiger partial charge < -0.3 is 4.74 Å². The third-order valence-electron chi connectivity index (χ3n) is 1.21. The summed E-state index contributed by atoms with van der Waals surface area (Å²) in [5.41, 5.74) is 6.07. The molecule has 1 aliphatic rings. The Balaban J connectivity index is 0.000000187. The molecule has 0 aliphatic carbocycles. The molecule has 0 aromatic rings. The number of hydrogen-bond acceptors (Lipinski definition) is 4. The van der Waals surface area contributed by atoms with Gasteiger partial charge in [-0.15, -0.1) is 0 Å². The molecule has 66 valence electrons. The Bertz CT molecular complexity index is 73.0. The van der Waals surface area contributed by atoms with Crippen LogP contribution in [-0.2, 0) is 9.53 Å². The van der Waals surface area contributed by atoms with Crippen LogP contribution in [0.25, 0.3) is 0 Å². The highest BCUT2D eigenvalue weighted by Gasteiger charge is 1.92. The predicted octanol–water partition coefficient (Wildman–Crippen LogP) is 0.0537. The summed E-state index contributed by atoms with van der Waals surface area (Å²) in [6.07, 6.45) is 2.65. The molecule has 1 rings (SSSR count). The van der Waals surface area contributed by atoms with Crippen LogP contribution in [0, 0.1) is 0 Å². The van der Waals surface area contributed by atoms with Gasteiger partial charge in [-0.05, 0) is 19.8 Å². The molecular formula is C7H16N2O2. The van der Waals surface area contributed by atoms with Gasteiger partial charge in [-0.2, -0.15) is 0 Å². The zero-order valence-corrected chi connectivity index (χ0v) is 6.93. The van der Waals surface area contributed by atoms with Gasteiger partial charge in [-0.25, -0.2) is 0 Å². The van der Waals surface area contributed by atoms with E-state index in [1.165, 1.54) is 12.8 Å². The monoisotopic (exact) mass is 160 g/mol. The maximum atomic E-state index is 9.18. The lowest BCUT2D eigenvalue weighted by Gasteiger charge is -2.10. The van der Waals surface area contributed by atoms with E-state index in [9.17, 15) is 4.79 Å². The quantitative estimate of drug-likeness (QED) is 0.561. The van der Waals surface area contributed by atoms with Crippen molar-refractivity contribution in [2.75, 3.05) is 19.7 Å². The fourth-order valence-corrected chi connectivity index (χ4v) is 0.672. The fourth-order valence-electron chi connectivity index (χ4n) is 0.672. The lowest BCUT2D eigenvalue weighted by Crippen LogP contribution is -2.37. The first-order valence-electron chi connectivity index (χ1n) is 3.92. The van der Waals surface area contributed by atoms with E-state index >= 15 is 0 Å². The molecule has 0 atom stereocenters. The zero-order valence-electron chi connectivity index (χ0n) is 6.93. The van der Waals surface area contributed by atoms with Gasteiger partial charge in [0.05, 0.1) is 6.61 Å². The van der Waals surface area contributed by atoms with Crippen LogP contribution < -0.4 is 10.9 Å². The van der Waals surface area contributed by atoms with Crippen LogP contribution in [0.3, 0.4) is 0 Å². The van der Waals surface area contributed by atoms with E-state index in [-0.39, 0.29) is 0 Å². The number of carbonyl (C=O) groups is 1. The molecular weight excluding hydrogens is 144 g/mol. The number of hydrazine groups is 1. The molecule has 1 aliphatic heterocycles. The largest absolute Gasteiger partial charge is 0.468 e. The first-order valence-corrected chi connectivity index (χ1v) is 3.92. The van der Waals surface area contributed by atoms with E-state index in [1.807, 2.05) is 0 Å². The van der Waals surface area contributed by atoms with Crippen molar-refractivity contribution in [3.05, 3.63) is 0 Å². The number of ether oxygens (including phenoxy) is 1. The van der Waals surface area contributed by atoms with Crippen molar-refractivity contribution in [3.63, 3.8) is 0 Å². The Kier molecular flexibility index (Phi) is 8.87. The summed E-state index contributed by atoms with van der Waals surface area (Å²) in [7, 11) is 0. The minimum Gasteiger partial charge on any atom is -0.468 e. The summed E-state index contributed by atoms with van der Waals surface area (Å²) in [4.78, 5) is 9.18. The second kappa shape index (κ2) is 9.39.